The lowest BCUT2D eigenvalue weighted by atomic mass is 10.5. The van der Waals surface area contributed by atoms with Crippen LogP contribution in [-0.4, -0.2) is 67.0 Å². The van der Waals surface area contributed by atoms with Crippen molar-refractivity contribution in [3.8, 4) is 0 Å². The van der Waals surface area contributed by atoms with E-state index in [-0.39, 0.29) is 9.75 Å². The molecule has 230 valence electrons. The topological polar surface area (TPSA) is 55.4 Å². The zero-order valence-electron chi connectivity index (χ0n) is 24.4. The van der Waals surface area contributed by atoms with Crippen LogP contribution in [0.3, 0.4) is 0 Å². The van der Waals surface area contributed by atoms with E-state index in [2.05, 4.69) is 55.4 Å². The first kappa shape index (κ1) is 41.0. The quantitative estimate of drug-likeness (QED) is 0.0418. The highest BCUT2D eigenvalue weighted by Gasteiger charge is 2.49. The van der Waals surface area contributed by atoms with Crippen LogP contribution in [0.5, 0.6) is 0 Å². The molecule has 0 spiro atoms. The molecule has 0 aromatic rings. The molecule has 38 heavy (non-hydrogen) atoms. The highest BCUT2D eigenvalue weighted by Crippen LogP contribution is 2.58. The fraction of sp³-hybridized carbons (Fsp3) is 1.00. The van der Waals surface area contributed by atoms with Gasteiger partial charge in [0.15, 0.2) is 0 Å². The van der Waals surface area contributed by atoms with Crippen molar-refractivity contribution in [2.75, 3.05) is 39.6 Å². The lowest BCUT2D eigenvalue weighted by Gasteiger charge is -2.33. The third kappa shape index (κ3) is 18.0. The van der Waals surface area contributed by atoms with Gasteiger partial charge in [-0.15, -0.1) is 0 Å². The van der Waals surface area contributed by atoms with Crippen LogP contribution >= 0.6 is 80.5 Å². The van der Waals surface area contributed by atoms with Gasteiger partial charge in [0.2, 0.25) is 0 Å². The van der Waals surface area contributed by atoms with Gasteiger partial charge in [-0.05, 0) is 111 Å². The van der Waals surface area contributed by atoms with E-state index in [9.17, 15) is 0 Å². The van der Waals surface area contributed by atoms with Crippen molar-refractivity contribution in [1.82, 2.24) is 0 Å². The summed E-state index contributed by atoms with van der Waals surface area (Å²) in [5.41, 5.74) is 0. The SMILES string of the molecule is CCCO[Si](OCCC)(OCCC)C(C)SSSSSSSSC(C)[Si](OCCC)(OCCC)OCCC. The summed E-state index contributed by atoms with van der Waals surface area (Å²) in [6.45, 7) is 21.2. The van der Waals surface area contributed by atoms with Crippen LogP contribution in [0.25, 0.3) is 0 Å². The van der Waals surface area contributed by atoms with E-state index >= 15 is 0 Å². The monoisotopic (exact) mass is 722 g/mol. The first-order chi connectivity index (χ1) is 18.4. The number of hydrogen-bond donors (Lipinski definition) is 0. The Bertz CT molecular complexity index is 449. The Labute approximate surface area is 265 Å². The standard InChI is InChI=1S/C22H50O6S8Si2/c1-9-15-23-37(24-16-10-2,25-17-11-3)21(7)29-31-33-35-36-34-32-30-22(8)38(26-18-12-4,27-19-13-5)28-20-14-6/h21-22H,9-20H2,1-8H3. The minimum Gasteiger partial charge on any atom is -0.373 e. The summed E-state index contributed by atoms with van der Waals surface area (Å²) in [5.74, 6) is 0. The molecule has 0 radical (unpaired) electrons. The van der Waals surface area contributed by atoms with Crippen molar-refractivity contribution in [2.24, 2.45) is 0 Å². The Morgan fingerprint density at radius 1 is 0.395 bits per heavy atom. The predicted octanol–water partition coefficient (Wildman–Crippen LogP) is 10.5. The van der Waals surface area contributed by atoms with Crippen molar-refractivity contribution in [2.45, 2.75) is 104 Å². The molecule has 0 aliphatic carbocycles. The Morgan fingerprint density at radius 2 is 0.605 bits per heavy atom. The maximum Gasteiger partial charge on any atom is 0.515 e. The highest BCUT2D eigenvalue weighted by atomic mass is 34.0. The van der Waals surface area contributed by atoms with E-state index in [1.807, 2.05) is 0 Å². The van der Waals surface area contributed by atoms with Crippen LogP contribution < -0.4 is 0 Å². The normalized spacial score (nSPS) is 14.2. The molecule has 0 aromatic heterocycles. The molecule has 0 bridgehead atoms. The lowest BCUT2D eigenvalue weighted by molar-refractivity contribution is 0.0582. The van der Waals surface area contributed by atoms with E-state index in [0.29, 0.717) is 39.6 Å². The molecule has 0 saturated heterocycles. The maximum absolute atomic E-state index is 6.28. The molecule has 16 heteroatoms. The zero-order valence-corrected chi connectivity index (χ0v) is 32.9. The van der Waals surface area contributed by atoms with E-state index in [0.717, 1.165) is 38.5 Å². The van der Waals surface area contributed by atoms with Gasteiger partial charge >= 0.3 is 17.6 Å². The van der Waals surface area contributed by atoms with Gasteiger partial charge in [0.05, 0.1) is 9.75 Å². The molecule has 0 aliphatic rings. The minimum absolute atomic E-state index is 0.168. The van der Waals surface area contributed by atoms with E-state index in [1.165, 1.54) is 0 Å². The van der Waals surface area contributed by atoms with Gasteiger partial charge in [-0.1, -0.05) is 63.1 Å². The smallest absolute Gasteiger partial charge is 0.373 e. The molecule has 2 atom stereocenters. The molecular weight excluding hydrogens is 673 g/mol. The van der Waals surface area contributed by atoms with Crippen LogP contribution in [0, 0.1) is 0 Å². The third-order valence-electron chi connectivity index (χ3n) is 4.55. The van der Waals surface area contributed by atoms with E-state index in [4.69, 9.17) is 26.6 Å². The summed E-state index contributed by atoms with van der Waals surface area (Å²) in [5, 5.41) is 0. The Morgan fingerprint density at radius 3 is 0.816 bits per heavy atom. The minimum atomic E-state index is -2.73. The van der Waals surface area contributed by atoms with Gasteiger partial charge in [-0.2, -0.15) is 0 Å². The van der Waals surface area contributed by atoms with Crippen LogP contribution in [0.2, 0.25) is 0 Å². The molecule has 0 aliphatic heterocycles. The summed E-state index contributed by atoms with van der Waals surface area (Å²) >= 11 is 0. The van der Waals surface area contributed by atoms with Gasteiger partial charge in [-0.3, -0.25) is 0 Å². The predicted molar refractivity (Wildman–Crippen MR) is 189 cm³/mol. The molecule has 2 unspecified atom stereocenters. The van der Waals surface area contributed by atoms with Crippen molar-refractivity contribution in [1.29, 1.82) is 0 Å². The van der Waals surface area contributed by atoms with Crippen molar-refractivity contribution >= 4 is 98.2 Å². The average molecular weight is 723 g/mol. The molecule has 0 aromatic carbocycles. The van der Waals surface area contributed by atoms with Gasteiger partial charge in [-0.25, -0.2) is 0 Å². The fourth-order valence-corrected chi connectivity index (χ4v) is 30.6. The van der Waals surface area contributed by atoms with Crippen LogP contribution in [-0.2, 0) is 26.6 Å². The van der Waals surface area contributed by atoms with E-state index in [1.54, 1.807) is 80.5 Å². The molecule has 0 fully saturated rings. The van der Waals surface area contributed by atoms with Crippen LogP contribution in [0.4, 0.5) is 0 Å². The van der Waals surface area contributed by atoms with Crippen molar-refractivity contribution in [3.05, 3.63) is 0 Å². The first-order valence-corrected chi connectivity index (χ1v) is 27.4. The van der Waals surface area contributed by atoms with Crippen molar-refractivity contribution in [3.63, 3.8) is 0 Å². The summed E-state index contributed by atoms with van der Waals surface area (Å²) in [7, 11) is 8.76. The Kier molecular flexibility index (Phi) is 29.7. The second-order valence-corrected chi connectivity index (χ2v) is 28.5. The summed E-state index contributed by atoms with van der Waals surface area (Å²) < 4.78 is 37.7. The van der Waals surface area contributed by atoms with Gasteiger partial charge in [0.1, 0.15) is 0 Å². The Balaban J connectivity index is 4.59. The number of rotatable bonds is 29. The largest absolute Gasteiger partial charge is 0.515 e. The molecule has 0 saturated carbocycles. The zero-order chi connectivity index (χ0) is 28.5. The first-order valence-electron chi connectivity index (χ1n) is 13.6. The highest BCUT2D eigenvalue weighted by molar-refractivity contribution is 9.48. The molecule has 0 amide bonds. The fourth-order valence-electron chi connectivity index (χ4n) is 2.73. The summed E-state index contributed by atoms with van der Waals surface area (Å²) in [4.78, 5) is 0.335. The second-order valence-electron chi connectivity index (χ2n) is 8.18. The second kappa shape index (κ2) is 27.5. The third-order valence-corrected chi connectivity index (χ3v) is 29.1. The molecule has 0 rings (SSSR count). The van der Waals surface area contributed by atoms with Crippen molar-refractivity contribution < 1.29 is 26.6 Å². The summed E-state index contributed by atoms with van der Waals surface area (Å²) in [6.07, 6.45) is 5.75. The maximum atomic E-state index is 6.28. The molecular formula is C22H50O6S8Si2. The summed E-state index contributed by atoms with van der Waals surface area (Å²) in [6, 6.07) is 0. The van der Waals surface area contributed by atoms with Gasteiger partial charge in [0.25, 0.3) is 0 Å². The molecule has 0 heterocycles. The van der Waals surface area contributed by atoms with Crippen LogP contribution in [0.15, 0.2) is 0 Å². The van der Waals surface area contributed by atoms with Crippen LogP contribution in [0.1, 0.15) is 93.9 Å². The molecule has 0 N–H and O–H groups in total. The average Bonchev–Trinajstić information content (AvgIpc) is 2.93. The number of hydrogen-bond acceptors (Lipinski definition) is 14. The van der Waals surface area contributed by atoms with Gasteiger partial charge < -0.3 is 26.6 Å². The van der Waals surface area contributed by atoms with E-state index < -0.39 is 17.6 Å². The van der Waals surface area contributed by atoms with Gasteiger partial charge in [0, 0.05) is 39.6 Å². The molecule has 6 nitrogen and oxygen atoms in total. The Hall–Kier alpha value is 2.99. The lowest BCUT2D eigenvalue weighted by Crippen LogP contribution is -2.54.